The molecule has 0 spiro atoms. The molecule has 1 aliphatic heterocycles. The Kier molecular flexibility index (Phi) is 7.60. The highest BCUT2D eigenvalue weighted by Crippen LogP contribution is 2.19. The fourth-order valence-electron chi connectivity index (χ4n) is 2.13. The highest BCUT2D eigenvalue weighted by Gasteiger charge is 2.42. The third-order valence-electron chi connectivity index (χ3n) is 3.35. The molecule has 0 atom stereocenters. The lowest BCUT2D eigenvalue weighted by Gasteiger charge is -2.28. The third kappa shape index (κ3) is 6.61. The molecular formula is C13H21F3N2O4. The van der Waals surface area contributed by atoms with Gasteiger partial charge in [0.15, 0.2) is 0 Å². The molecule has 1 fully saturated rings. The van der Waals surface area contributed by atoms with Gasteiger partial charge in [-0.2, -0.15) is 13.2 Å². The molecule has 0 radical (unpaired) electrons. The van der Waals surface area contributed by atoms with E-state index in [-0.39, 0.29) is 19.5 Å². The number of morpholine rings is 1. The zero-order valence-corrected chi connectivity index (χ0v) is 12.5. The molecule has 0 aromatic heterocycles. The first-order valence-corrected chi connectivity index (χ1v) is 7.07. The average Bonchev–Trinajstić information content (AvgIpc) is 2.49. The number of ether oxygens (including phenoxy) is 2. The maximum absolute atomic E-state index is 12.6. The van der Waals surface area contributed by atoms with E-state index in [0.29, 0.717) is 31.1 Å². The van der Waals surface area contributed by atoms with Crippen LogP contribution in [-0.4, -0.2) is 80.9 Å². The number of hydrogen-bond acceptors (Lipinski definition) is 5. The van der Waals surface area contributed by atoms with Gasteiger partial charge in [-0.15, -0.1) is 0 Å². The number of alkyl halides is 3. The number of rotatable bonds is 7. The van der Waals surface area contributed by atoms with Crippen molar-refractivity contribution in [1.29, 1.82) is 0 Å². The van der Waals surface area contributed by atoms with Crippen LogP contribution in [0, 0.1) is 0 Å². The van der Waals surface area contributed by atoms with Crippen LogP contribution in [0.4, 0.5) is 13.2 Å². The Labute approximate surface area is 127 Å². The summed E-state index contributed by atoms with van der Waals surface area (Å²) in [6.45, 7) is 2.91. The van der Waals surface area contributed by atoms with E-state index < -0.39 is 18.1 Å². The number of nitrogens with zero attached hydrogens (tertiary/aromatic N) is 2. The van der Waals surface area contributed by atoms with E-state index in [1.165, 1.54) is 0 Å². The number of esters is 1. The molecule has 128 valence electrons. The van der Waals surface area contributed by atoms with Crippen molar-refractivity contribution in [1.82, 2.24) is 9.80 Å². The minimum Gasteiger partial charge on any atom is -0.469 e. The number of carbonyl (C=O) groups excluding carboxylic acids is 2. The zero-order valence-electron chi connectivity index (χ0n) is 12.5. The van der Waals surface area contributed by atoms with Crippen molar-refractivity contribution in [2.24, 2.45) is 0 Å². The van der Waals surface area contributed by atoms with Crippen LogP contribution in [0.2, 0.25) is 0 Å². The van der Waals surface area contributed by atoms with Gasteiger partial charge in [-0.25, -0.2) is 0 Å². The predicted octanol–water partition coefficient (Wildman–Crippen LogP) is 0.663. The van der Waals surface area contributed by atoms with Gasteiger partial charge in [0.2, 0.25) is 0 Å². The van der Waals surface area contributed by atoms with Crippen LogP contribution in [0.3, 0.4) is 0 Å². The number of carbonyl (C=O) groups is 2. The lowest BCUT2D eigenvalue weighted by Crippen LogP contribution is -2.44. The summed E-state index contributed by atoms with van der Waals surface area (Å²) in [5.41, 5.74) is 0. The van der Waals surface area contributed by atoms with Crippen molar-refractivity contribution in [3.05, 3.63) is 0 Å². The lowest BCUT2D eigenvalue weighted by molar-refractivity contribution is -0.185. The van der Waals surface area contributed by atoms with Gasteiger partial charge in [-0.05, 0) is 6.42 Å². The van der Waals surface area contributed by atoms with Crippen molar-refractivity contribution in [3.63, 3.8) is 0 Å². The zero-order chi connectivity index (χ0) is 16.6. The van der Waals surface area contributed by atoms with E-state index in [1.807, 2.05) is 0 Å². The Balaban J connectivity index is 2.45. The van der Waals surface area contributed by atoms with Crippen molar-refractivity contribution in [3.8, 4) is 0 Å². The predicted molar refractivity (Wildman–Crippen MR) is 71.1 cm³/mol. The minimum absolute atomic E-state index is 0.0489. The molecule has 0 N–H and O–H groups in total. The summed E-state index contributed by atoms with van der Waals surface area (Å²) >= 11 is 0. The Bertz CT molecular complexity index is 371. The van der Waals surface area contributed by atoms with E-state index in [4.69, 9.17) is 4.74 Å². The second kappa shape index (κ2) is 8.94. The second-order valence-electron chi connectivity index (χ2n) is 4.92. The lowest BCUT2D eigenvalue weighted by atomic mass is 10.3. The standard InChI is InChI=1S/C13H21F3N2O4/c1-21-11(19)3-6-18(12(20)13(14,15)16)5-2-4-17-7-9-22-10-8-17/h2-10H2,1H3. The molecule has 9 heteroatoms. The van der Waals surface area contributed by atoms with Gasteiger partial charge in [0, 0.05) is 32.7 Å². The highest BCUT2D eigenvalue weighted by atomic mass is 19.4. The molecular weight excluding hydrogens is 305 g/mol. The largest absolute Gasteiger partial charge is 0.471 e. The number of halogens is 3. The maximum atomic E-state index is 12.6. The molecule has 1 amide bonds. The maximum Gasteiger partial charge on any atom is 0.471 e. The fourth-order valence-corrected chi connectivity index (χ4v) is 2.13. The van der Waals surface area contributed by atoms with Gasteiger partial charge < -0.3 is 14.4 Å². The van der Waals surface area contributed by atoms with E-state index in [2.05, 4.69) is 9.64 Å². The third-order valence-corrected chi connectivity index (χ3v) is 3.35. The van der Waals surface area contributed by atoms with Gasteiger partial charge >= 0.3 is 18.1 Å². The van der Waals surface area contributed by atoms with Crippen molar-refractivity contribution < 1.29 is 32.2 Å². The summed E-state index contributed by atoms with van der Waals surface area (Å²) in [4.78, 5) is 25.1. The molecule has 1 heterocycles. The average molecular weight is 326 g/mol. The molecule has 22 heavy (non-hydrogen) atoms. The summed E-state index contributed by atoms with van der Waals surface area (Å²) in [5.74, 6) is -2.56. The van der Waals surface area contributed by atoms with Gasteiger partial charge in [-0.1, -0.05) is 0 Å². The first-order valence-electron chi connectivity index (χ1n) is 7.07. The molecule has 6 nitrogen and oxygen atoms in total. The van der Waals surface area contributed by atoms with Crippen molar-refractivity contribution in [2.45, 2.75) is 19.0 Å². The van der Waals surface area contributed by atoms with Crippen LogP contribution >= 0.6 is 0 Å². The number of hydrogen-bond donors (Lipinski definition) is 0. The molecule has 1 rings (SSSR count). The molecule has 0 aromatic rings. The van der Waals surface area contributed by atoms with E-state index in [9.17, 15) is 22.8 Å². The van der Waals surface area contributed by atoms with Crippen LogP contribution in [0.5, 0.6) is 0 Å². The minimum atomic E-state index is -4.94. The molecule has 0 bridgehead atoms. The monoisotopic (exact) mass is 326 g/mol. The topological polar surface area (TPSA) is 59.1 Å². The molecule has 0 aromatic carbocycles. The van der Waals surface area contributed by atoms with Gasteiger partial charge in [0.05, 0.1) is 26.7 Å². The Morgan fingerprint density at radius 2 is 1.86 bits per heavy atom. The fraction of sp³-hybridized carbons (Fsp3) is 0.846. The number of methoxy groups -OCH3 is 1. The first kappa shape index (κ1) is 18.7. The molecule has 1 saturated heterocycles. The summed E-state index contributed by atoms with van der Waals surface area (Å²) in [7, 11) is 1.15. The van der Waals surface area contributed by atoms with E-state index in [1.54, 1.807) is 0 Å². The molecule has 1 aliphatic rings. The van der Waals surface area contributed by atoms with Crippen molar-refractivity contribution >= 4 is 11.9 Å². The van der Waals surface area contributed by atoms with Crippen LogP contribution in [-0.2, 0) is 19.1 Å². The molecule has 0 unspecified atom stereocenters. The Morgan fingerprint density at radius 3 is 2.41 bits per heavy atom. The summed E-state index contributed by atoms with van der Waals surface area (Å²) < 4.78 is 47.2. The highest BCUT2D eigenvalue weighted by molar-refractivity contribution is 5.82. The molecule has 0 saturated carbocycles. The number of amides is 1. The normalized spacial score (nSPS) is 16.4. The smallest absolute Gasteiger partial charge is 0.469 e. The Morgan fingerprint density at radius 1 is 1.23 bits per heavy atom. The Hall–Kier alpha value is -1.35. The van der Waals surface area contributed by atoms with Gasteiger partial charge in [0.25, 0.3) is 0 Å². The van der Waals surface area contributed by atoms with E-state index >= 15 is 0 Å². The SMILES string of the molecule is COC(=O)CCN(CCCN1CCOCC1)C(=O)C(F)(F)F. The van der Waals surface area contributed by atoms with Gasteiger partial charge in [-0.3, -0.25) is 14.5 Å². The molecule has 0 aliphatic carbocycles. The van der Waals surface area contributed by atoms with E-state index in [0.717, 1.165) is 20.2 Å². The quantitative estimate of drug-likeness (QED) is 0.644. The van der Waals surface area contributed by atoms with Crippen LogP contribution in [0.15, 0.2) is 0 Å². The van der Waals surface area contributed by atoms with Crippen LogP contribution < -0.4 is 0 Å². The summed E-state index contributed by atoms with van der Waals surface area (Å²) in [6.07, 6.45) is -4.78. The second-order valence-corrected chi connectivity index (χ2v) is 4.92. The van der Waals surface area contributed by atoms with Crippen LogP contribution in [0.1, 0.15) is 12.8 Å². The van der Waals surface area contributed by atoms with Crippen molar-refractivity contribution in [2.75, 3.05) is 53.0 Å². The first-order chi connectivity index (χ1) is 10.3. The van der Waals surface area contributed by atoms with Gasteiger partial charge in [0.1, 0.15) is 0 Å². The summed E-state index contributed by atoms with van der Waals surface area (Å²) in [6, 6.07) is 0. The van der Waals surface area contributed by atoms with Crippen LogP contribution in [0.25, 0.3) is 0 Å². The summed E-state index contributed by atoms with van der Waals surface area (Å²) in [5, 5.41) is 0.